The molecule has 0 spiro atoms. The lowest BCUT2D eigenvalue weighted by Gasteiger charge is -2.12. The molecular formula is C23H18N4O4S. The lowest BCUT2D eigenvalue weighted by molar-refractivity contribution is -0.115. The molecule has 1 aliphatic heterocycles. The maximum atomic E-state index is 12.5. The molecule has 3 amide bonds. The van der Waals surface area contributed by atoms with E-state index in [0.717, 1.165) is 15.8 Å². The van der Waals surface area contributed by atoms with Gasteiger partial charge in [-0.3, -0.25) is 19.3 Å². The topological polar surface area (TPSA) is 105 Å². The van der Waals surface area contributed by atoms with Crippen molar-refractivity contribution >= 4 is 45.2 Å². The summed E-state index contributed by atoms with van der Waals surface area (Å²) in [5, 5.41) is 8.06. The van der Waals surface area contributed by atoms with Crippen molar-refractivity contribution in [2.45, 2.75) is 19.8 Å². The predicted octanol–water partition coefficient (Wildman–Crippen LogP) is 3.61. The summed E-state index contributed by atoms with van der Waals surface area (Å²) in [5.41, 5.74) is 3.15. The standard InChI is InChI=1S/C23H18N4O4S/c1-13-6-7-19-17(10-13)18(26-31-19)11-20(28)25-23-24-12-14(32-23)8-9-27-21(29)15-4-2-3-5-16(15)22(27)30/h2-7,10,12H,8-9,11H2,1H3,(H,24,25,28). The van der Waals surface area contributed by atoms with Crippen LogP contribution >= 0.6 is 11.3 Å². The van der Waals surface area contributed by atoms with Gasteiger partial charge >= 0.3 is 0 Å². The third-order valence-corrected chi connectivity index (χ3v) is 6.26. The highest BCUT2D eigenvalue weighted by Gasteiger charge is 2.34. The molecule has 1 N–H and O–H groups in total. The fourth-order valence-corrected chi connectivity index (χ4v) is 4.51. The summed E-state index contributed by atoms with van der Waals surface area (Å²) >= 11 is 1.31. The molecule has 2 aromatic heterocycles. The van der Waals surface area contributed by atoms with Gasteiger partial charge in [0, 0.05) is 29.4 Å². The van der Waals surface area contributed by atoms with E-state index in [0.29, 0.717) is 34.0 Å². The molecule has 0 fully saturated rings. The number of aromatic nitrogens is 2. The monoisotopic (exact) mass is 446 g/mol. The molecule has 0 radical (unpaired) electrons. The second-order valence-corrected chi connectivity index (χ2v) is 8.66. The number of benzene rings is 2. The number of hydrogen-bond donors (Lipinski definition) is 1. The van der Waals surface area contributed by atoms with Gasteiger partial charge in [0.25, 0.3) is 11.8 Å². The Kier molecular flexibility index (Phi) is 5.02. The highest BCUT2D eigenvalue weighted by molar-refractivity contribution is 7.15. The van der Waals surface area contributed by atoms with E-state index in [2.05, 4.69) is 15.5 Å². The van der Waals surface area contributed by atoms with E-state index in [1.807, 2.05) is 25.1 Å². The number of nitrogens with one attached hydrogen (secondary N) is 1. The number of imide groups is 1. The molecule has 9 heteroatoms. The minimum atomic E-state index is -0.279. The Morgan fingerprint density at radius 1 is 1.12 bits per heavy atom. The van der Waals surface area contributed by atoms with Crippen LogP contribution in [0.15, 0.2) is 53.2 Å². The third-order valence-electron chi connectivity index (χ3n) is 5.29. The average Bonchev–Trinajstić information content (AvgIpc) is 3.45. The molecule has 32 heavy (non-hydrogen) atoms. The van der Waals surface area contributed by atoms with Gasteiger partial charge in [0.15, 0.2) is 10.7 Å². The summed E-state index contributed by atoms with van der Waals surface area (Å²) in [6, 6.07) is 12.5. The van der Waals surface area contributed by atoms with Crippen LogP contribution in [0.5, 0.6) is 0 Å². The maximum absolute atomic E-state index is 12.5. The molecular weight excluding hydrogens is 428 g/mol. The summed E-state index contributed by atoms with van der Waals surface area (Å²) in [5.74, 6) is -0.805. The SMILES string of the molecule is Cc1ccc2onc(CC(=O)Nc3ncc(CCN4C(=O)c5ccccc5C4=O)s3)c2c1. The molecule has 0 atom stereocenters. The smallest absolute Gasteiger partial charge is 0.261 e. The summed E-state index contributed by atoms with van der Waals surface area (Å²) < 4.78 is 5.28. The Morgan fingerprint density at radius 2 is 1.88 bits per heavy atom. The summed E-state index contributed by atoms with van der Waals surface area (Å²) in [6.45, 7) is 2.22. The number of hydrogen-bond acceptors (Lipinski definition) is 7. The predicted molar refractivity (Wildman–Crippen MR) is 119 cm³/mol. The van der Waals surface area contributed by atoms with Crippen molar-refractivity contribution in [1.29, 1.82) is 0 Å². The number of nitrogens with zero attached hydrogens (tertiary/aromatic N) is 3. The van der Waals surface area contributed by atoms with Crippen molar-refractivity contribution in [2.24, 2.45) is 0 Å². The second kappa shape index (κ2) is 8.01. The van der Waals surface area contributed by atoms with Crippen LogP contribution in [0.3, 0.4) is 0 Å². The van der Waals surface area contributed by atoms with Gasteiger partial charge in [-0.1, -0.05) is 28.9 Å². The van der Waals surface area contributed by atoms with Gasteiger partial charge in [0.1, 0.15) is 5.69 Å². The third kappa shape index (κ3) is 3.67. The highest BCUT2D eigenvalue weighted by atomic mass is 32.1. The molecule has 2 aromatic carbocycles. The zero-order valence-electron chi connectivity index (χ0n) is 17.1. The quantitative estimate of drug-likeness (QED) is 0.454. The molecule has 4 aromatic rings. The van der Waals surface area contributed by atoms with Crippen LogP contribution in [0.2, 0.25) is 0 Å². The van der Waals surface area contributed by atoms with Crippen molar-refractivity contribution in [3.8, 4) is 0 Å². The zero-order valence-corrected chi connectivity index (χ0v) is 17.9. The van der Waals surface area contributed by atoms with Crippen LogP contribution < -0.4 is 5.32 Å². The highest BCUT2D eigenvalue weighted by Crippen LogP contribution is 2.25. The van der Waals surface area contributed by atoms with Gasteiger partial charge in [-0.15, -0.1) is 11.3 Å². The summed E-state index contributed by atoms with van der Waals surface area (Å²) in [6.07, 6.45) is 2.18. The molecule has 8 nitrogen and oxygen atoms in total. The first-order chi connectivity index (χ1) is 15.5. The molecule has 1 aliphatic rings. The van der Waals surface area contributed by atoms with E-state index >= 15 is 0 Å². The van der Waals surface area contributed by atoms with Crippen molar-refractivity contribution < 1.29 is 18.9 Å². The van der Waals surface area contributed by atoms with Gasteiger partial charge in [0.2, 0.25) is 5.91 Å². The number of carbonyl (C=O) groups excluding carboxylic acids is 3. The van der Waals surface area contributed by atoms with E-state index in [9.17, 15) is 14.4 Å². The van der Waals surface area contributed by atoms with Crippen molar-refractivity contribution in [1.82, 2.24) is 15.0 Å². The number of amides is 3. The first kappa shape index (κ1) is 20.1. The van der Waals surface area contributed by atoms with Gasteiger partial charge in [0.05, 0.1) is 17.5 Å². The molecule has 3 heterocycles. The zero-order chi connectivity index (χ0) is 22.2. The van der Waals surface area contributed by atoms with Crippen LogP contribution in [-0.4, -0.2) is 39.3 Å². The fourth-order valence-electron chi connectivity index (χ4n) is 3.69. The van der Waals surface area contributed by atoms with Crippen LogP contribution in [0, 0.1) is 6.92 Å². The second-order valence-electron chi connectivity index (χ2n) is 7.54. The number of aryl methyl sites for hydroxylation is 1. The Morgan fingerprint density at radius 3 is 2.62 bits per heavy atom. The van der Waals surface area contributed by atoms with E-state index in [1.165, 1.54) is 16.2 Å². The lowest BCUT2D eigenvalue weighted by Crippen LogP contribution is -2.31. The normalized spacial score (nSPS) is 13.1. The molecule has 0 bridgehead atoms. The Labute approximate surface area is 186 Å². The van der Waals surface area contributed by atoms with Crippen molar-refractivity contribution in [3.63, 3.8) is 0 Å². The van der Waals surface area contributed by atoms with E-state index in [1.54, 1.807) is 30.5 Å². The first-order valence-electron chi connectivity index (χ1n) is 10.0. The van der Waals surface area contributed by atoms with Crippen molar-refractivity contribution in [2.75, 3.05) is 11.9 Å². The Hall–Kier alpha value is -3.85. The Balaban J connectivity index is 1.20. The largest absolute Gasteiger partial charge is 0.356 e. The van der Waals surface area contributed by atoms with Crippen LogP contribution in [-0.2, 0) is 17.6 Å². The minimum Gasteiger partial charge on any atom is -0.356 e. The molecule has 0 unspecified atom stereocenters. The van der Waals surface area contributed by atoms with E-state index in [4.69, 9.17) is 4.52 Å². The number of thiazole rings is 1. The van der Waals surface area contributed by atoms with Crippen LogP contribution in [0.25, 0.3) is 11.0 Å². The maximum Gasteiger partial charge on any atom is 0.261 e. The van der Waals surface area contributed by atoms with Gasteiger partial charge < -0.3 is 9.84 Å². The lowest BCUT2D eigenvalue weighted by atomic mass is 10.1. The van der Waals surface area contributed by atoms with E-state index in [-0.39, 0.29) is 30.7 Å². The molecule has 160 valence electrons. The van der Waals surface area contributed by atoms with Gasteiger partial charge in [-0.2, -0.15) is 0 Å². The molecule has 0 aliphatic carbocycles. The van der Waals surface area contributed by atoms with Crippen LogP contribution in [0.1, 0.15) is 36.9 Å². The Bertz CT molecular complexity index is 1340. The number of anilines is 1. The molecule has 0 saturated heterocycles. The number of carbonyl (C=O) groups is 3. The van der Waals surface area contributed by atoms with Crippen LogP contribution in [0.4, 0.5) is 5.13 Å². The summed E-state index contributed by atoms with van der Waals surface area (Å²) in [4.78, 5) is 43.8. The molecule has 0 saturated carbocycles. The van der Waals surface area contributed by atoms with E-state index < -0.39 is 0 Å². The first-order valence-corrected chi connectivity index (χ1v) is 10.9. The van der Waals surface area contributed by atoms with Crippen molar-refractivity contribution in [3.05, 3.63) is 75.9 Å². The number of fused-ring (bicyclic) bond motifs is 2. The van der Waals surface area contributed by atoms with Gasteiger partial charge in [-0.25, -0.2) is 4.98 Å². The average molecular weight is 446 g/mol. The fraction of sp³-hybridized carbons (Fsp3) is 0.174. The number of rotatable bonds is 6. The summed E-state index contributed by atoms with van der Waals surface area (Å²) in [7, 11) is 0. The molecule has 5 rings (SSSR count). The van der Waals surface area contributed by atoms with Gasteiger partial charge in [-0.05, 0) is 31.2 Å². The minimum absolute atomic E-state index is 0.0698.